The van der Waals surface area contributed by atoms with E-state index in [1.807, 2.05) is 0 Å². The number of rotatable bonds is 2. The van der Waals surface area contributed by atoms with E-state index in [4.69, 9.17) is 0 Å². The van der Waals surface area contributed by atoms with Crippen molar-refractivity contribution in [2.75, 3.05) is 13.1 Å². The molecule has 2 aliphatic rings. The van der Waals surface area contributed by atoms with Gasteiger partial charge in [-0.1, -0.05) is 0 Å². The van der Waals surface area contributed by atoms with Crippen molar-refractivity contribution < 1.29 is 19.2 Å². The van der Waals surface area contributed by atoms with Crippen molar-refractivity contribution in [1.29, 1.82) is 0 Å². The Morgan fingerprint density at radius 2 is 2.14 bits per heavy atom. The molecule has 1 aromatic carbocycles. The maximum atomic E-state index is 13.3. The summed E-state index contributed by atoms with van der Waals surface area (Å²) in [6.07, 6.45) is 1.27. The monoisotopic (exact) mass is 294 g/mol. The van der Waals surface area contributed by atoms with E-state index in [0.29, 0.717) is 19.0 Å². The van der Waals surface area contributed by atoms with Gasteiger partial charge in [0.25, 0.3) is 5.91 Å². The maximum Gasteiger partial charge on any atom is 0.305 e. The molecule has 3 rings (SSSR count). The molecule has 7 heteroatoms. The highest BCUT2D eigenvalue weighted by Crippen LogP contribution is 2.38. The zero-order valence-electron chi connectivity index (χ0n) is 11.2. The second-order valence-electron chi connectivity index (χ2n) is 5.70. The molecule has 0 radical (unpaired) electrons. The number of carbonyl (C=O) groups is 1. The van der Waals surface area contributed by atoms with Crippen molar-refractivity contribution >= 4 is 11.6 Å². The lowest BCUT2D eigenvalue weighted by Crippen LogP contribution is -2.31. The van der Waals surface area contributed by atoms with Gasteiger partial charge in [-0.25, -0.2) is 0 Å². The van der Waals surface area contributed by atoms with Gasteiger partial charge in [0.1, 0.15) is 0 Å². The maximum absolute atomic E-state index is 13.3. The number of nitro groups is 1. The van der Waals surface area contributed by atoms with Crippen LogP contribution in [-0.2, 0) is 0 Å². The molecule has 0 spiro atoms. The van der Waals surface area contributed by atoms with Crippen LogP contribution in [0.5, 0.6) is 0 Å². The average Bonchev–Trinajstić information content (AvgIpc) is 3.01. The lowest BCUT2D eigenvalue weighted by atomic mass is 10.00. The summed E-state index contributed by atoms with van der Waals surface area (Å²) in [5, 5.41) is 20.6. The van der Waals surface area contributed by atoms with Crippen LogP contribution >= 0.6 is 0 Å². The first kappa shape index (κ1) is 13.9. The first-order valence-electron chi connectivity index (χ1n) is 6.88. The molecule has 1 amide bonds. The average molecular weight is 294 g/mol. The minimum absolute atomic E-state index is 0.0874. The molecule has 3 unspecified atom stereocenters. The molecule has 1 aliphatic carbocycles. The number of carbonyl (C=O) groups excluding carboxylic acids is 1. The summed E-state index contributed by atoms with van der Waals surface area (Å²) in [4.78, 5) is 23.9. The second-order valence-corrected chi connectivity index (χ2v) is 5.70. The number of benzene rings is 1. The van der Waals surface area contributed by atoms with E-state index in [1.165, 1.54) is 6.07 Å². The number of halogens is 1. The highest BCUT2D eigenvalue weighted by atomic mass is 19.1. The fraction of sp³-hybridized carbons (Fsp3) is 0.500. The first-order valence-corrected chi connectivity index (χ1v) is 6.88. The Kier molecular flexibility index (Phi) is 3.36. The van der Waals surface area contributed by atoms with Crippen LogP contribution in [0.2, 0.25) is 0 Å². The SMILES string of the molecule is O=C(c1ccc(F)c([N+](=O)[O-])c1)N1CC2CCC(O)C2C1. The van der Waals surface area contributed by atoms with E-state index >= 15 is 0 Å². The molecule has 0 aromatic heterocycles. The van der Waals surface area contributed by atoms with Crippen molar-refractivity contribution in [2.45, 2.75) is 18.9 Å². The van der Waals surface area contributed by atoms with E-state index in [0.717, 1.165) is 25.0 Å². The number of fused-ring (bicyclic) bond motifs is 1. The fourth-order valence-corrected chi connectivity index (χ4v) is 3.37. The zero-order chi connectivity index (χ0) is 15.1. The topological polar surface area (TPSA) is 83.7 Å². The molecule has 21 heavy (non-hydrogen) atoms. The summed E-state index contributed by atoms with van der Waals surface area (Å²) in [6, 6.07) is 3.18. The number of hydrogen-bond acceptors (Lipinski definition) is 4. The second kappa shape index (κ2) is 5.07. The van der Waals surface area contributed by atoms with Crippen LogP contribution in [0.25, 0.3) is 0 Å². The standard InChI is InChI=1S/C14H15FN2O4/c15-11-3-1-8(5-12(11)17(20)21)14(19)16-6-9-2-4-13(18)10(9)7-16/h1,3,5,9-10,13,18H,2,4,6-7H2. The minimum Gasteiger partial charge on any atom is -0.393 e. The molecule has 0 bridgehead atoms. The van der Waals surface area contributed by atoms with Gasteiger partial charge in [0, 0.05) is 30.6 Å². The minimum atomic E-state index is -0.953. The number of likely N-dealkylation sites (tertiary alicyclic amines) is 1. The molecule has 6 nitrogen and oxygen atoms in total. The summed E-state index contributed by atoms with van der Waals surface area (Å²) in [5.74, 6) is -0.922. The molecule has 1 saturated carbocycles. The van der Waals surface area contributed by atoms with Crippen molar-refractivity contribution in [2.24, 2.45) is 11.8 Å². The molecular formula is C14H15FN2O4. The van der Waals surface area contributed by atoms with Gasteiger partial charge < -0.3 is 10.0 Å². The lowest BCUT2D eigenvalue weighted by molar-refractivity contribution is -0.387. The van der Waals surface area contributed by atoms with Gasteiger partial charge in [0.2, 0.25) is 5.82 Å². The molecule has 2 fully saturated rings. The molecule has 1 saturated heterocycles. The van der Waals surface area contributed by atoms with Crippen LogP contribution < -0.4 is 0 Å². The van der Waals surface area contributed by atoms with E-state index < -0.39 is 16.4 Å². The van der Waals surface area contributed by atoms with Crippen molar-refractivity contribution in [3.8, 4) is 0 Å². The predicted octanol–water partition coefficient (Wildman–Crippen LogP) is 1.58. The van der Waals surface area contributed by atoms with Gasteiger partial charge in [0.15, 0.2) is 0 Å². The fourth-order valence-electron chi connectivity index (χ4n) is 3.37. The largest absolute Gasteiger partial charge is 0.393 e. The third kappa shape index (κ3) is 2.37. The summed E-state index contributed by atoms with van der Waals surface area (Å²) < 4.78 is 13.3. The Morgan fingerprint density at radius 3 is 2.81 bits per heavy atom. The Labute approximate surface area is 120 Å². The van der Waals surface area contributed by atoms with Crippen LogP contribution in [0.1, 0.15) is 23.2 Å². The van der Waals surface area contributed by atoms with E-state index in [2.05, 4.69) is 0 Å². The van der Waals surface area contributed by atoms with Gasteiger partial charge >= 0.3 is 5.69 Å². The highest BCUT2D eigenvalue weighted by Gasteiger charge is 2.43. The third-order valence-corrected chi connectivity index (χ3v) is 4.50. The first-order chi connectivity index (χ1) is 9.97. The van der Waals surface area contributed by atoms with E-state index in [-0.39, 0.29) is 23.5 Å². The van der Waals surface area contributed by atoms with Gasteiger partial charge in [-0.15, -0.1) is 0 Å². The van der Waals surface area contributed by atoms with Gasteiger partial charge in [0.05, 0.1) is 11.0 Å². The van der Waals surface area contributed by atoms with Crippen LogP contribution in [0.3, 0.4) is 0 Å². The smallest absolute Gasteiger partial charge is 0.305 e. The Balaban J connectivity index is 1.80. The van der Waals surface area contributed by atoms with Gasteiger partial charge in [-0.3, -0.25) is 14.9 Å². The number of nitrogens with zero attached hydrogens (tertiary/aromatic N) is 2. The van der Waals surface area contributed by atoms with Gasteiger partial charge in [-0.05, 0) is 30.9 Å². The molecular weight excluding hydrogens is 279 g/mol. The number of aliphatic hydroxyl groups excluding tert-OH is 1. The van der Waals surface area contributed by atoms with Crippen LogP contribution in [0.15, 0.2) is 18.2 Å². The molecule has 1 aromatic rings. The molecule has 1 heterocycles. The Bertz CT molecular complexity index is 607. The summed E-state index contributed by atoms with van der Waals surface area (Å²) in [7, 11) is 0. The number of nitro benzene ring substituents is 1. The summed E-state index contributed by atoms with van der Waals surface area (Å²) in [6.45, 7) is 1.00. The predicted molar refractivity (Wildman–Crippen MR) is 71.2 cm³/mol. The number of hydrogen-bond donors (Lipinski definition) is 1. The van der Waals surface area contributed by atoms with Crippen LogP contribution in [0.4, 0.5) is 10.1 Å². The molecule has 1 aliphatic heterocycles. The van der Waals surface area contributed by atoms with Crippen molar-refractivity contribution in [3.05, 3.63) is 39.7 Å². The molecule has 1 N–H and O–H groups in total. The Hall–Kier alpha value is -2.02. The number of amides is 1. The zero-order valence-corrected chi connectivity index (χ0v) is 11.2. The van der Waals surface area contributed by atoms with Crippen LogP contribution in [0, 0.1) is 27.8 Å². The molecule has 3 atom stereocenters. The highest BCUT2D eigenvalue weighted by molar-refractivity contribution is 5.95. The third-order valence-electron chi connectivity index (χ3n) is 4.50. The normalized spacial score (nSPS) is 27.7. The molecule has 112 valence electrons. The summed E-state index contributed by atoms with van der Waals surface area (Å²) in [5.41, 5.74) is -0.585. The van der Waals surface area contributed by atoms with Crippen LogP contribution in [-0.4, -0.2) is 40.0 Å². The van der Waals surface area contributed by atoms with E-state index in [1.54, 1.807) is 4.90 Å². The van der Waals surface area contributed by atoms with E-state index in [9.17, 15) is 24.4 Å². The Morgan fingerprint density at radius 1 is 1.38 bits per heavy atom. The van der Waals surface area contributed by atoms with Gasteiger partial charge in [-0.2, -0.15) is 4.39 Å². The van der Waals surface area contributed by atoms with Crippen molar-refractivity contribution in [3.63, 3.8) is 0 Å². The number of aliphatic hydroxyl groups is 1. The van der Waals surface area contributed by atoms with Crippen molar-refractivity contribution in [1.82, 2.24) is 4.90 Å². The lowest BCUT2D eigenvalue weighted by Gasteiger charge is -2.18. The summed E-state index contributed by atoms with van der Waals surface area (Å²) >= 11 is 0. The quantitative estimate of drug-likeness (QED) is 0.663.